The molecule has 2 radical (unpaired) electrons. The Kier molecular flexibility index (Phi) is 3.73. The van der Waals surface area contributed by atoms with E-state index in [1.54, 1.807) is 0 Å². The smallest absolute Gasteiger partial charge is 0.126 e. The van der Waals surface area contributed by atoms with Gasteiger partial charge in [0, 0.05) is 0 Å². The lowest BCUT2D eigenvalue weighted by atomic mass is 9.74. The molecule has 1 unspecified atom stereocenters. The van der Waals surface area contributed by atoms with E-state index in [9.17, 15) is 0 Å². The Labute approximate surface area is 168 Å². The van der Waals surface area contributed by atoms with Crippen molar-refractivity contribution >= 4 is 7.85 Å². The molecule has 1 nitrogen and oxygen atoms in total. The van der Waals surface area contributed by atoms with Crippen LogP contribution in [0.15, 0.2) is 78.4 Å². The van der Waals surface area contributed by atoms with Crippen molar-refractivity contribution in [3.63, 3.8) is 0 Å². The summed E-state index contributed by atoms with van der Waals surface area (Å²) in [5.41, 5.74) is 8.65. The molecule has 0 saturated carbocycles. The quantitative estimate of drug-likeness (QED) is 0.298. The van der Waals surface area contributed by atoms with E-state index in [-0.39, 0.29) is 5.60 Å². The van der Waals surface area contributed by atoms with Gasteiger partial charge in [-0.15, -0.1) is 0 Å². The number of rotatable bonds is 1. The largest absolute Gasteiger partial charge is 0.366 e. The Morgan fingerprint density at radius 1 is 0.786 bits per heavy atom. The third-order valence-electron chi connectivity index (χ3n) is 6.27. The predicted molar refractivity (Wildman–Crippen MR) is 116 cm³/mol. The van der Waals surface area contributed by atoms with Gasteiger partial charge < -0.3 is 4.74 Å². The lowest BCUT2D eigenvalue weighted by Crippen LogP contribution is -2.32. The Bertz CT molecular complexity index is 1120. The van der Waals surface area contributed by atoms with E-state index in [2.05, 4.69) is 93.6 Å². The fourth-order valence-electron chi connectivity index (χ4n) is 4.49. The summed E-state index contributed by atoms with van der Waals surface area (Å²) >= 11 is 0. The standard InChI is InChI=1S/C26H23BO/c1-17-16-26(27,28-25(17,2)3)20-12-13-23-21-10-6-4-8-18(21)14-19-9-5-7-11-22(19)24(23)15-20/h4-13,15-16H,14H2,1-3H3. The number of hydrogen-bond acceptors (Lipinski definition) is 1. The molecule has 5 rings (SSSR count). The van der Waals surface area contributed by atoms with Crippen LogP contribution in [0.4, 0.5) is 0 Å². The molecular weight excluding hydrogens is 339 g/mol. The molecule has 0 saturated heterocycles. The summed E-state index contributed by atoms with van der Waals surface area (Å²) < 4.78 is 6.30. The first-order valence-corrected chi connectivity index (χ1v) is 9.87. The fraction of sp³-hybridized carbons (Fsp3) is 0.231. The third-order valence-corrected chi connectivity index (χ3v) is 6.27. The van der Waals surface area contributed by atoms with E-state index in [0.717, 1.165) is 17.6 Å². The summed E-state index contributed by atoms with van der Waals surface area (Å²) in [6.07, 6.45) is 3.00. The molecule has 1 aliphatic heterocycles. The van der Waals surface area contributed by atoms with Crippen LogP contribution in [0, 0.1) is 0 Å². The maximum Gasteiger partial charge on any atom is 0.126 e. The minimum absolute atomic E-state index is 0.355. The van der Waals surface area contributed by atoms with Gasteiger partial charge in [-0.05, 0) is 77.8 Å². The second-order valence-electron chi connectivity index (χ2n) is 8.48. The molecule has 3 aromatic carbocycles. The van der Waals surface area contributed by atoms with Gasteiger partial charge in [0.2, 0.25) is 0 Å². The normalized spacial score (nSPS) is 21.9. The first-order chi connectivity index (χ1) is 13.4. The summed E-state index contributed by atoms with van der Waals surface area (Å²) in [4.78, 5) is 0. The van der Waals surface area contributed by atoms with Gasteiger partial charge in [-0.25, -0.2) is 0 Å². The molecular formula is C26H23BO. The lowest BCUT2D eigenvalue weighted by Gasteiger charge is -2.31. The predicted octanol–water partition coefficient (Wildman–Crippen LogP) is 6.00. The summed E-state index contributed by atoms with van der Waals surface area (Å²) in [6, 6.07) is 23.9. The zero-order valence-corrected chi connectivity index (χ0v) is 16.6. The van der Waals surface area contributed by atoms with Gasteiger partial charge in [-0.3, -0.25) is 0 Å². The molecule has 2 aliphatic rings. The van der Waals surface area contributed by atoms with Crippen LogP contribution < -0.4 is 0 Å². The molecule has 1 atom stereocenters. The van der Waals surface area contributed by atoms with Gasteiger partial charge in [0.1, 0.15) is 7.85 Å². The second-order valence-corrected chi connectivity index (χ2v) is 8.48. The van der Waals surface area contributed by atoms with Crippen molar-refractivity contribution < 1.29 is 4.74 Å². The highest BCUT2D eigenvalue weighted by atomic mass is 16.5. The number of benzene rings is 3. The van der Waals surface area contributed by atoms with E-state index < -0.39 is 5.50 Å². The van der Waals surface area contributed by atoms with Crippen molar-refractivity contribution in [2.24, 2.45) is 0 Å². The van der Waals surface area contributed by atoms with E-state index in [0.29, 0.717) is 0 Å². The first-order valence-electron chi connectivity index (χ1n) is 9.87. The molecule has 28 heavy (non-hydrogen) atoms. The first kappa shape index (κ1) is 17.5. The molecule has 1 aliphatic carbocycles. The zero-order chi connectivity index (χ0) is 19.5. The molecule has 0 aromatic heterocycles. The van der Waals surface area contributed by atoms with Gasteiger partial charge >= 0.3 is 0 Å². The number of fused-ring (bicyclic) bond motifs is 5. The topological polar surface area (TPSA) is 9.23 Å². The highest BCUT2D eigenvalue weighted by Gasteiger charge is 2.40. The Morgan fingerprint density at radius 2 is 1.39 bits per heavy atom. The van der Waals surface area contributed by atoms with E-state index in [4.69, 9.17) is 12.6 Å². The summed E-state index contributed by atoms with van der Waals surface area (Å²) in [6.45, 7) is 6.23. The van der Waals surface area contributed by atoms with Gasteiger partial charge in [-0.1, -0.05) is 66.7 Å². The summed E-state index contributed by atoms with van der Waals surface area (Å²) in [5, 5.41) is 0. The van der Waals surface area contributed by atoms with Crippen LogP contribution in [0.25, 0.3) is 22.3 Å². The van der Waals surface area contributed by atoms with Crippen LogP contribution >= 0.6 is 0 Å². The zero-order valence-electron chi connectivity index (χ0n) is 16.6. The van der Waals surface area contributed by atoms with Gasteiger partial charge in [0.15, 0.2) is 0 Å². The van der Waals surface area contributed by atoms with Crippen LogP contribution in [-0.2, 0) is 16.7 Å². The van der Waals surface area contributed by atoms with Crippen molar-refractivity contribution in [2.45, 2.75) is 38.3 Å². The minimum atomic E-state index is -0.899. The molecule has 0 bridgehead atoms. The minimum Gasteiger partial charge on any atom is -0.366 e. The molecule has 0 fully saturated rings. The average molecular weight is 362 g/mol. The molecule has 0 N–H and O–H groups in total. The van der Waals surface area contributed by atoms with Crippen LogP contribution in [0.1, 0.15) is 37.5 Å². The van der Waals surface area contributed by atoms with Crippen LogP contribution in [0.2, 0.25) is 0 Å². The molecule has 2 heteroatoms. The van der Waals surface area contributed by atoms with Crippen LogP contribution in [0.5, 0.6) is 0 Å². The van der Waals surface area contributed by atoms with Gasteiger partial charge in [-0.2, -0.15) is 0 Å². The monoisotopic (exact) mass is 362 g/mol. The van der Waals surface area contributed by atoms with E-state index in [1.165, 1.54) is 33.4 Å². The van der Waals surface area contributed by atoms with Gasteiger partial charge in [0.25, 0.3) is 0 Å². The lowest BCUT2D eigenvalue weighted by molar-refractivity contribution is -0.0303. The average Bonchev–Trinajstić information content (AvgIpc) is 2.82. The SMILES string of the molecule is [B]C1(c2ccc3c(c2)-c2ccccc2Cc2ccccc2-3)C=C(C)C(C)(C)O1. The second kappa shape index (κ2) is 5.96. The maximum absolute atomic E-state index is 6.73. The number of ether oxygens (including phenoxy) is 1. The van der Waals surface area contributed by atoms with Crippen molar-refractivity contribution in [2.75, 3.05) is 0 Å². The maximum atomic E-state index is 6.73. The molecule has 136 valence electrons. The summed E-state index contributed by atoms with van der Waals surface area (Å²) in [5.74, 6) is 0. The number of hydrogen-bond donors (Lipinski definition) is 0. The Hall–Kier alpha value is -2.58. The highest BCUT2D eigenvalue weighted by Crippen LogP contribution is 2.45. The van der Waals surface area contributed by atoms with Crippen LogP contribution in [0.3, 0.4) is 0 Å². The molecule has 0 spiro atoms. The van der Waals surface area contributed by atoms with E-state index in [1.807, 2.05) is 0 Å². The summed E-state index contributed by atoms with van der Waals surface area (Å²) in [7, 11) is 6.73. The molecule has 1 heterocycles. The Morgan fingerprint density at radius 3 is 2.00 bits per heavy atom. The third kappa shape index (κ3) is 2.59. The van der Waals surface area contributed by atoms with Crippen molar-refractivity contribution in [1.29, 1.82) is 0 Å². The highest BCUT2D eigenvalue weighted by molar-refractivity contribution is 6.17. The Balaban J connectivity index is 1.75. The van der Waals surface area contributed by atoms with Crippen LogP contribution in [-0.4, -0.2) is 13.4 Å². The van der Waals surface area contributed by atoms with Gasteiger partial charge in [0.05, 0.1) is 11.1 Å². The van der Waals surface area contributed by atoms with Crippen molar-refractivity contribution in [3.05, 3.63) is 95.1 Å². The van der Waals surface area contributed by atoms with Crippen molar-refractivity contribution in [3.8, 4) is 22.3 Å². The van der Waals surface area contributed by atoms with E-state index >= 15 is 0 Å². The fourth-order valence-corrected chi connectivity index (χ4v) is 4.49. The van der Waals surface area contributed by atoms with Crippen molar-refractivity contribution in [1.82, 2.24) is 0 Å². The molecule has 0 amide bonds. The molecule has 3 aromatic rings.